The Bertz CT molecular complexity index is 1040. The van der Waals surface area contributed by atoms with Gasteiger partial charge in [0.1, 0.15) is 18.1 Å². The highest BCUT2D eigenvalue weighted by molar-refractivity contribution is 5.94. The van der Waals surface area contributed by atoms with Crippen molar-refractivity contribution in [2.24, 2.45) is 29.6 Å². The van der Waals surface area contributed by atoms with E-state index in [1.807, 2.05) is 0 Å². The number of cyclic esters (lactones) is 3. The van der Waals surface area contributed by atoms with Crippen molar-refractivity contribution < 1.29 is 43.0 Å². The predicted octanol–water partition coefficient (Wildman–Crippen LogP) is 2.91. The number of ether oxygens (including phenoxy) is 3. The second kappa shape index (κ2) is 16.2. The molecule has 0 spiro atoms. The lowest BCUT2D eigenvalue weighted by molar-refractivity contribution is -0.181. The molecule has 0 radical (unpaired) electrons. The summed E-state index contributed by atoms with van der Waals surface area (Å²) in [6.07, 6.45) is -3.64. The fourth-order valence-corrected chi connectivity index (χ4v) is 5.39. The third-order valence-corrected chi connectivity index (χ3v) is 8.03. The normalized spacial score (nSPS) is 27.8. The van der Waals surface area contributed by atoms with Crippen LogP contribution in [0.5, 0.6) is 0 Å². The highest BCUT2D eigenvalue weighted by Gasteiger charge is 2.44. The maximum Gasteiger partial charge on any atom is 0.329 e. The number of carbonyl (C=O) groups is 6. The zero-order chi connectivity index (χ0) is 34.4. The minimum atomic E-state index is -1.28. The van der Waals surface area contributed by atoms with Gasteiger partial charge in [0.05, 0.1) is 0 Å². The first kappa shape index (κ1) is 38.8. The van der Waals surface area contributed by atoms with Crippen LogP contribution in [0.15, 0.2) is 0 Å². The van der Waals surface area contributed by atoms with Crippen molar-refractivity contribution in [2.75, 3.05) is 21.1 Å². The van der Waals surface area contributed by atoms with E-state index >= 15 is 0 Å². The van der Waals surface area contributed by atoms with E-state index in [1.165, 1.54) is 35.8 Å². The highest BCUT2D eigenvalue weighted by Crippen LogP contribution is 2.24. The molecule has 0 bridgehead atoms. The third kappa shape index (κ3) is 8.94. The maximum absolute atomic E-state index is 13.8. The molecule has 252 valence electrons. The average Bonchev–Trinajstić information content (AvgIpc) is 2.91. The molecule has 44 heavy (non-hydrogen) atoms. The standard InChI is InChI=1S/C32H55N3O9/c1-15-21-30(39)42-25(19(8)9)28(37)34(13)23(17(4)5)32(41)44-26(20(10)11)29(38)35(14)22(16(2)3)31(40)43-24(18(6)7)27(36)33(21)12/h16-26H,15H2,1-14H3/t21-,22-,23-,24+,25+,26+/m0/s1. The average molecular weight is 626 g/mol. The van der Waals surface area contributed by atoms with Crippen molar-refractivity contribution in [3.63, 3.8) is 0 Å². The molecule has 6 atom stereocenters. The van der Waals surface area contributed by atoms with Gasteiger partial charge in [0, 0.05) is 21.1 Å². The Balaban J connectivity index is 3.88. The van der Waals surface area contributed by atoms with Gasteiger partial charge in [0.15, 0.2) is 18.3 Å². The summed E-state index contributed by atoms with van der Waals surface area (Å²) in [6.45, 7) is 18.9. The number of esters is 3. The molecule has 0 N–H and O–H groups in total. The number of likely N-dealkylation sites (N-methyl/N-ethyl adjacent to an activating group) is 3. The van der Waals surface area contributed by atoms with E-state index in [9.17, 15) is 28.8 Å². The smallest absolute Gasteiger partial charge is 0.329 e. The van der Waals surface area contributed by atoms with Crippen LogP contribution in [-0.2, 0) is 43.0 Å². The van der Waals surface area contributed by atoms with Gasteiger partial charge in [-0.2, -0.15) is 0 Å². The summed E-state index contributed by atoms with van der Waals surface area (Å²) in [5.41, 5.74) is 0. The number of carbonyl (C=O) groups excluding carboxylic acids is 6. The van der Waals surface area contributed by atoms with Gasteiger partial charge in [-0.3, -0.25) is 14.4 Å². The lowest BCUT2D eigenvalue weighted by Gasteiger charge is -2.38. The van der Waals surface area contributed by atoms with Crippen LogP contribution in [0.2, 0.25) is 0 Å². The maximum atomic E-state index is 13.8. The minimum absolute atomic E-state index is 0.165. The largest absolute Gasteiger partial charge is 0.450 e. The van der Waals surface area contributed by atoms with Gasteiger partial charge in [0.25, 0.3) is 17.7 Å². The van der Waals surface area contributed by atoms with Crippen LogP contribution in [-0.4, -0.2) is 108 Å². The first-order valence-corrected chi connectivity index (χ1v) is 15.6. The monoisotopic (exact) mass is 625 g/mol. The number of nitrogens with zero attached hydrogens (tertiary/aromatic N) is 3. The molecule has 1 saturated heterocycles. The van der Waals surface area contributed by atoms with E-state index in [0.717, 1.165) is 0 Å². The van der Waals surface area contributed by atoms with Gasteiger partial charge in [0.2, 0.25) is 0 Å². The second-order valence-corrected chi connectivity index (χ2v) is 13.5. The summed E-state index contributed by atoms with van der Waals surface area (Å²) >= 11 is 0. The zero-order valence-corrected chi connectivity index (χ0v) is 29.1. The molecular weight excluding hydrogens is 570 g/mol. The zero-order valence-electron chi connectivity index (χ0n) is 29.1. The molecule has 3 amide bonds. The van der Waals surface area contributed by atoms with E-state index in [-0.39, 0.29) is 6.42 Å². The molecule has 12 nitrogen and oxygen atoms in total. The fraction of sp³-hybridized carbons (Fsp3) is 0.812. The van der Waals surface area contributed by atoms with E-state index < -0.39 is 102 Å². The number of amides is 3. The molecule has 1 rings (SSSR count). The van der Waals surface area contributed by atoms with Crippen LogP contribution in [0.3, 0.4) is 0 Å². The van der Waals surface area contributed by atoms with Crippen molar-refractivity contribution in [2.45, 2.75) is 119 Å². The van der Waals surface area contributed by atoms with E-state index in [4.69, 9.17) is 14.2 Å². The molecule has 0 aromatic rings. The molecule has 1 heterocycles. The molecule has 12 heteroatoms. The van der Waals surface area contributed by atoms with E-state index in [1.54, 1.807) is 76.2 Å². The van der Waals surface area contributed by atoms with Crippen LogP contribution < -0.4 is 0 Å². The summed E-state index contributed by atoms with van der Waals surface area (Å²) in [7, 11) is 4.28. The molecular formula is C32H55N3O9. The highest BCUT2D eigenvalue weighted by atomic mass is 16.6. The Hall–Kier alpha value is -3.18. The molecule has 0 aromatic heterocycles. The number of hydrogen-bond donors (Lipinski definition) is 0. The molecule has 1 aliphatic rings. The number of rotatable bonds is 6. The van der Waals surface area contributed by atoms with Crippen molar-refractivity contribution in [3.8, 4) is 0 Å². The van der Waals surface area contributed by atoms with Gasteiger partial charge in [-0.15, -0.1) is 0 Å². The van der Waals surface area contributed by atoms with Gasteiger partial charge in [-0.25, -0.2) is 14.4 Å². The van der Waals surface area contributed by atoms with Crippen LogP contribution in [0.25, 0.3) is 0 Å². The Morgan fingerprint density at radius 2 is 0.750 bits per heavy atom. The Kier molecular flexibility index (Phi) is 14.3. The summed E-state index contributed by atoms with van der Waals surface area (Å²) in [4.78, 5) is 85.7. The fourth-order valence-electron chi connectivity index (χ4n) is 5.39. The topological polar surface area (TPSA) is 140 Å². The van der Waals surface area contributed by atoms with Crippen molar-refractivity contribution in [1.29, 1.82) is 0 Å². The molecule has 0 aliphatic carbocycles. The Morgan fingerprint density at radius 3 is 1.00 bits per heavy atom. The van der Waals surface area contributed by atoms with Crippen LogP contribution in [0.4, 0.5) is 0 Å². The van der Waals surface area contributed by atoms with Crippen molar-refractivity contribution in [1.82, 2.24) is 14.7 Å². The van der Waals surface area contributed by atoms with E-state index in [2.05, 4.69) is 0 Å². The summed E-state index contributed by atoms with van der Waals surface area (Å²) in [6, 6.07) is -3.29. The lowest BCUT2D eigenvalue weighted by atomic mass is 9.98. The quantitative estimate of drug-likeness (QED) is 0.322. The van der Waals surface area contributed by atoms with Gasteiger partial charge in [-0.05, 0) is 36.0 Å². The van der Waals surface area contributed by atoms with Crippen molar-refractivity contribution >= 4 is 35.6 Å². The first-order chi connectivity index (χ1) is 20.2. The van der Waals surface area contributed by atoms with Gasteiger partial charge in [-0.1, -0.05) is 76.2 Å². The first-order valence-electron chi connectivity index (χ1n) is 15.6. The molecule has 0 aromatic carbocycles. The molecule has 0 saturated carbocycles. The Labute approximate surface area is 263 Å². The molecule has 1 fully saturated rings. The third-order valence-electron chi connectivity index (χ3n) is 8.03. The van der Waals surface area contributed by atoms with Gasteiger partial charge >= 0.3 is 17.9 Å². The molecule has 0 unspecified atom stereocenters. The van der Waals surface area contributed by atoms with Crippen molar-refractivity contribution in [3.05, 3.63) is 0 Å². The molecule has 1 aliphatic heterocycles. The lowest BCUT2D eigenvalue weighted by Crippen LogP contribution is -2.57. The minimum Gasteiger partial charge on any atom is -0.450 e. The summed E-state index contributed by atoms with van der Waals surface area (Å²) in [5, 5.41) is 0. The Morgan fingerprint density at radius 1 is 0.477 bits per heavy atom. The van der Waals surface area contributed by atoms with Crippen LogP contribution in [0.1, 0.15) is 82.6 Å². The summed E-state index contributed by atoms with van der Waals surface area (Å²) < 4.78 is 17.3. The van der Waals surface area contributed by atoms with Crippen LogP contribution >= 0.6 is 0 Å². The van der Waals surface area contributed by atoms with E-state index in [0.29, 0.717) is 0 Å². The number of hydrogen-bond acceptors (Lipinski definition) is 9. The summed E-state index contributed by atoms with van der Waals surface area (Å²) in [5.74, 6) is -6.53. The van der Waals surface area contributed by atoms with Crippen LogP contribution in [0, 0.1) is 29.6 Å². The second-order valence-electron chi connectivity index (χ2n) is 13.5. The predicted molar refractivity (Wildman–Crippen MR) is 164 cm³/mol. The van der Waals surface area contributed by atoms with Gasteiger partial charge < -0.3 is 28.9 Å². The SMILES string of the molecule is CC[C@H]1C(=O)O[C@H](C(C)C)C(=O)N(C)[C@@H](C(C)C)C(=O)O[C@H](C(C)C)C(=O)N(C)[C@@H](C(C)C)C(=O)O[C@H](C(C)C)C(=O)N1C.